The Kier molecular flexibility index (Phi) is 3.99. The van der Waals surface area contributed by atoms with Crippen molar-refractivity contribution >= 4 is 0 Å². The van der Waals surface area contributed by atoms with Crippen LogP contribution in [0.15, 0.2) is 30.5 Å². The first-order valence-corrected chi connectivity index (χ1v) is 6.14. The predicted molar refractivity (Wildman–Crippen MR) is 72.0 cm³/mol. The van der Waals surface area contributed by atoms with Crippen LogP contribution in [-0.2, 0) is 6.54 Å². The van der Waals surface area contributed by atoms with Gasteiger partial charge >= 0.3 is 0 Å². The van der Waals surface area contributed by atoms with Crippen molar-refractivity contribution in [1.82, 2.24) is 20.3 Å². The second-order valence-electron chi connectivity index (χ2n) is 4.57. The molecule has 1 N–H and O–H groups in total. The molecule has 0 bridgehead atoms. The van der Waals surface area contributed by atoms with Crippen molar-refractivity contribution < 1.29 is 0 Å². The summed E-state index contributed by atoms with van der Waals surface area (Å²) in [5.41, 5.74) is 2.78. The van der Waals surface area contributed by atoms with Crippen LogP contribution in [-0.4, -0.2) is 21.0 Å². The Morgan fingerprint density at radius 3 is 2.72 bits per heavy atom. The Morgan fingerprint density at radius 1 is 1.17 bits per heavy atom. The largest absolute Gasteiger partial charge is 0.309 e. The summed E-state index contributed by atoms with van der Waals surface area (Å²) in [6, 6.07) is 8.24. The van der Waals surface area contributed by atoms with E-state index >= 15 is 0 Å². The molecule has 0 amide bonds. The van der Waals surface area contributed by atoms with Crippen LogP contribution in [0.25, 0.3) is 11.5 Å². The van der Waals surface area contributed by atoms with Gasteiger partial charge in [-0.25, -0.2) is 15.0 Å². The average molecular weight is 242 g/mol. The molecule has 0 saturated carbocycles. The monoisotopic (exact) mass is 242 g/mol. The van der Waals surface area contributed by atoms with E-state index in [1.807, 2.05) is 31.2 Å². The summed E-state index contributed by atoms with van der Waals surface area (Å²) in [5.74, 6) is 0.682. The lowest BCUT2D eigenvalue weighted by Crippen LogP contribution is -2.22. The summed E-state index contributed by atoms with van der Waals surface area (Å²) in [4.78, 5) is 13.2. The maximum absolute atomic E-state index is 4.52. The fraction of sp³-hybridized carbons (Fsp3) is 0.357. The molecule has 0 unspecified atom stereocenters. The highest BCUT2D eigenvalue weighted by molar-refractivity contribution is 5.48. The Balaban J connectivity index is 2.21. The number of nitrogens with one attached hydrogen (secondary N) is 1. The number of nitrogens with zero attached hydrogens (tertiary/aromatic N) is 3. The van der Waals surface area contributed by atoms with Crippen LogP contribution in [0.5, 0.6) is 0 Å². The van der Waals surface area contributed by atoms with Gasteiger partial charge in [0.2, 0.25) is 0 Å². The van der Waals surface area contributed by atoms with Crippen molar-refractivity contribution in [3.05, 3.63) is 41.9 Å². The standard InChI is InChI=1S/C14H18N4/c1-10(2)16-9-12-7-8-15-14(18-12)13-6-4-5-11(3)17-13/h4-8,10,16H,9H2,1-3H3. The van der Waals surface area contributed by atoms with Gasteiger partial charge in [0.25, 0.3) is 0 Å². The molecule has 2 aromatic heterocycles. The first-order valence-electron chi connectivity index (χ1n) is 6.14. The van der Waals surface area contributed by atoms with Crippen molar-refractivity contribution in [2.75, 3.05) is 0 Å². The first kappa shape index (κ1) is 12.6. The van der Waals surface area contributed by atoms with Gasteiger partial charge in [-0.3, -0.25) is 0 Å². The highest BCUT2D eigenvalue weighted by atomic mass is 15.0. The fourth-order valence-corrected chi connectivity index (χ4v) is 1.59. The van der Waals surface area contributed by atoms with Crippen LogP contribution in [0.3, 0.4) is 0 Å². The van der Waals surface area contributed by atoms with Crippen LogP contribution >= 0.6 is 0 Å². The minimum absolute atomic E-state index is 0.445. The quantitative estimate of drug-likeness (QED) is 0.894. The van der Waals surface area contributed by atoms with Crippen LogP contribution in [0, 0.1) is 6.92 Å². The third-order valence-electron chi connectivity index (χ3n) is 2.52. The van der Waals surface area contributed by atoms with Crippen LogP contribution in [0.2, 0.25) is 0 Å². The summed E-state index contributed by atoms with van der Waals surface area (Å²) < 4.78 is 0. The molecule has 4 heteroatoms. The van der Waals surface area contributed by atoms with Gasteiger partial charge < -0.3 is 5.32 Å². The second-order valence-corrected chi connectivity index (χ2v) is 4.57. The van der Waals surface area contributed by atoms with Gasteiger partial charge in [0.15, 0.2) is 5.82 Å². The van der Waals surface area contributed by atoms with Gasteiger partial charge in [-0.2, -0.15) is 0 Å². The molecule has 2 rings (SSSR count). The van der Waals surface area contributed by atoms with Gasteiger partial charge in [-0.05, 0) is 25.1 Å². The molecule has 94 valence electrons. The van der Waals surface area contributed by atoms with Crippen molar-refractivity contribution in [3.8, 4) is 11.5 Å². The molecule has 4 nitrogen and oxygen atoms in total. The van der Waals surface area contributed by atoms with Gasteiger partial charge in [0.1, 0.15) is 5.69 Å². The van der Waals surface area contributed by atoms with Gasteiger partial charge in [-0.1, -0.05) is 19.9 Å². The van der Waals surface area contributed by atoms with Crippen molar-refractivity contribution in [1.29, 1.82) is 0 Å². The van der Waals surface area contributed by atoms with E-state index in [0.29, 0.717) is 11.9 Å². The minimum atomic E-state index is 0.445. The topological polar surface area (TPSA) is 50.7 Å². The van der Waals surface area contributed by atoms with E-state index in [1.54, 1.807) is 6.20 Å². The van der Waals surface area contributed by atoms with Crippen molar-refractivity contribution in [2.45, 2.75) is 33.4 Å². The highest BCUT2D eigenvalue weighted by Crippen LogP contribution is 2.12. The lowest BCUT2D eigenvalue weighted by Gasteiger charge is -2.08. The Bertz CT molecular complexity index is 523. The third kappa shape index (κ3) is 3.34. The van der Waals surface area contributed by atoms with E-state index in [0.717, 1.165) is 23.6 Å². The molecule has 0 spiro atoms. The Morgan fingerprint density at radius 2 is 2.00 bits per heavy atom. The number of rotatable bonds is 4. The Labute approximate surface area is 108 Å². The summed E-state index contributed by atoms with van der Waals surface area (Å²) in [7, 11) is 0. The van der Waals surface area contributed by atoms with E-state index in [2.05, 4.69) is 34.1 Å². The lowest BCUT2D eigenvalue weighted by atomic mass is 10.3. The molecular weight excluding hydrogens is 224 g/mol. The first-order chi connectivity index (χ1) is 8.65. The Hall–Kier alpha value is -1.81. The third-order valence-corrected chi connectivity index (χ3v) is 2.52. The predicted octanol–water partition coefficient (Wildman–Crippen LogP) is 2.35. The summed E-state index contributed by atoms with van der Waals surface area (Å²) in [6.07, 6.45) is 1.78. The van der Waals surface area contributed by atoms with Crippen LogP contribution in [0.4, 0.5) is 0 Å². The number of aromatic nitrogens is 3. The molecule has 0 fully saturated rings. The molecule has 2 aromatic rings. The molecule has 0 aliphatic carbocycles. The fourth-order valence-electron chi connectivity index (χ4n) is 1.59. The van der Waals surface area contributed by atoms with Gasteiger partial charge in [0, 0.05) is 24.5 Å². The smallest absolute Gasteiger partial charge is 0.178 e. The number of hydrogen-bond donors (Lipinski definition) is 1. The molecule has 18 heavy (non-hydrogen) atoms. The summed E-state index contributed by atoms with van der Waals surface area (Å²) in [6.45, 7) is 6.95. The highest BCUT2D eigenvalue weighted by Gasteiger charge is 2.04. The van der Waals surface area contributed by atoms with Gasteiger partial charge in [-0.15, -0.1) is 0 Å². The zero-order valence-electron chi connectivity index (χ0n) is 11.0. The molecule has 0 aromatic carbocycles. The normalized spacial score (nSPS) is 10.9. The van der Waals surface area contributed by atoms with E-state index < -0.39 is 0 Å². The zero-order valence-corrected chi connectivity index (χ0v) is 11.0. The SMILES string of the molecule is Cc1cccc(-c2nccc(CNC(C)C)n2)n1. The molecule has 0 atom stereocenters. The minimum Gasteiger partial charge on any atom is -0.309 e. The summed E-state index contributed by atoms with van der Waals surface area (Å²) in [5, 5.41) is 3.34. The maximum atomic E-state index is 4.52. The molecule has 0 saturated heterocycles. The molecule has 0 aliphatic heterocycles. The van der Waals surface area contributed by atoms with Crippen LogP contribution < -0.4 is 5.32 Å². The van der Waals surface area contributed by atoms with Gasteiger partial charge in [0.05, 0.1) is 5.69 Å². The molecule has 0 radical (unpaired) electrons. The van der Waals surface area contributed by atoms with Crippen LogP contribution in [0.1, 0.15) is 25.2 Å². The van der Waals surface area contributed by atoms with Crippen molar-refractivity contribution in [2.24, 2.45) is 0 Å². The van der Waals surface area contributed by atoms with E-state index in [-0.39, 0.29) is 0 Å². The number of aryl methyl sites for hydroxylation is 1. The average Bonchev–Trinajstić information content (AvgIpc) is 2.37. The number of hydrogen-bond acceptors (Lipinski definition) is 4. The van der Waals surface area contributed by atoms with Crippen molar-refractivity contribution in [3.63, 3.8) is 0 Å². The molecule has 0 aliphatic rings. The van der Waals surface area contributed by atoms with E-state index in [9.17, 15) is 0 Å². The number of pyridine rings is 1. The van der Waals surface area contributed by atoms with E-state index in [4.69, 9.17) is 0 Å². The zero-order chi connectivity index (χ0) is 13.0. The van der Waals surface area contributed by atoms with E-state index in [1.165, 1.54) is 0 Å². The molecular formula is C14H18N4. The molecule has 2 heterocycles. The maximum Gasteiger partial charge on any atom is 0.178 e. The lowest BCUT2D eigenvalue weighted by molar-refractivity contribution is 0.581. The second kappa shape index (κ2) is 5.69. The summed E-state index contributed by atoms with van der Waals surface area (Å²) >= 11 is 0.